The van der Waals surface area contributed by atoms with Gasteiger partial charge >= 0.3 is 0 Å². The summed E-state index contributed by atoms with van der Waals surface area (Å²) < 4.78 is 12.9. The van der Waals surface area contributed by atoms with Crippen molar-refractivity contribution >= 4 is 0 Å². The Hall–Kier alpha value is -2.83. The first-order valence-corrected chi connectivity index (χ1v) is 8.83. The predicted octanol–water partition coefficient (Wildman–Crippen LogP) is 2.95. The van der Waals surface area contributed by atoms with Crippen LogP contribution < -0.4 is 9.47 Å². The number of aromatic nitrogens is 2. The number of benzene rings is 2. The van der Waals surface area contributed by atoms with Gasteiger partial charge in [-0.15, -0.1) is 0 Å². The highest BCUT2D eigenvalue weighted by Gasteiger charge is 2.31. The molecule has 1 aliphatic heterocycles. The van der Waals surface area contributed by atoms with E-state index >= 15 is 0 Å². The van der Waals surface area contributed by atoms with Gasteiger partial charge in [-0.1, -0.05) is 30.3 Å². The lowest BCUT2D eigenvalue weighted by molar-refractivity contribution is 0.0790. The molecular formula is C21H22N2O4. The fraction of sp³-hybridized carbons (Fsp3) is 0.286. The van der Waals surface area contributed by atoms with E-state index in [0.29, 0.717) is 5.75 Å². The minimum atomic E-state index is -0.891. The lowest BCUT2D eigenvalue weighted by atomic mass is 9.97. The first-order chi connectivity index (χ1) is 13.1. The molecule has 27 heavy (non-hydrogen) atoms. The molecule has 0 aliphatic carbocycles. The molecule has 6 nitrogen and oxygen atoms in total. The number of aryl methyl sites for hydroxylation is 1. The Kier molecular flexibility index (Phi) is 4.37. The third-order valence-corrected chi connectivity index (χ3v) is 5.05. The molecule has 6 heteroatoms. The van der Waals surface area contributed by atoms with Crippen molar-refractivity contribution in [1.29, 1.82) is 0 Å². The standard InChI is InChI=1S/C21H22N2O4/c1-14-8-17-18(27-13-26-17)9-16(14)20-19(15-6-4-3-5-7-15)22-12-23(20)21(2,10-24)11-25/h3-9,12,24-25H,10-11,13H2,1-2H3. The zero-order chi connectivity index (χ0) is 19.0. The lowest BCUT2D eigenvalue weighted by Gasteiger charge is -2.29. The summed E-state index contributed by atoms with van der Waals surface area (Å²) in [4.78, 5) is 4.63. The van der Waals surface area contributed by atoms with Gasteiger partial charge < -0.3 is 24.3 Å². The molecule has 1 aromatic heterocycles. The van der Waals surface area contributed by atoms with Crippen LogP contribution in [0.2, 0.25) is 0 Å². The Bertz CT molecular complexity index is 962. The monoisotopic (exact) mass is 366 g/mol. The molecule has 0 saturated carbocycles. The second kappa shape index (κ2) is 6.72. The molecule has 0 amide bonds. The van der Waals surface area contributed by atoms with Crippen LogP contribution in [0.1, 0.15) is 12.5 Å². The zero-order valence-electron chi connectivity index (χ0n) is 15.3. The normalized spacial score (nSPS) is 13.2. The second-order valence-electron chi connectivity index (χ2n) is 7.01. The molecule has 0 bridgehead atoms. The first-order valence-electron chi connectivity index (χ1n) is 8.83. The Morgan fingerprint density at radius 2 is 1.74 bits per heavy atom. The van der Waals surface area contributed by atoms with Gasteiger partial charge in [0.1, 0.15) is 0 Å². The van der Waals surface area contributed by atoms with Crippen LogP contribution in [0, 0.1) is 6.92 Å². The van der Waals surface area contributed by atoms with Crippen molar-refractivity contribution < 1.29 is 19.7 Å². The Balaban J connectivity index is 1.99. The number of ether oxygens (including phenoxy) is 2. The van der Waals surface area contributed by atoms with Crippen LogP contribution in [-0.2, 0) is 5.54 Å². The van der Waals surface area contributed by atoms with Gasteiger partial charge in [0.2, 0.25) is 6.79 Å². The molecule has 2 aromatic carbocycles. The number of aliphatic hydroxyl groups excluding tert-OH is 2. The molecule has 0 unspecified atom stereocenters. The molecule has 0 fully saturated rings. The van der Waals surface area contributed by atoms with Gasteiger partial charge in [0.25, 0.3) is 0 Å². The van der Waals surface area contributed by atoms with E-state index < -0.39 is 5.54 Å². The summed E-state index contributed by atoms with van der Waals surface area (Å²) in [5.41, 5.74) is 3.59. The summed E-state index contributed by atoms with van der Waals surface area (Å²) in [5, 5.41) is 19.9. The van der Waals surface area contributed by atoms with Gasteiger partial charge in [0.15, 0.2) is 11.5 Å². The van der Waals surface area contributed by atoms with Gasteiger partial charge in [-0.05, 0) is 31.5 Å². The smallest absolute Gasteiger partial charge is 0.231 e. The molecule has 0 radical (unpaired) electrons. The number of hydrogen-bond donors (Lipinski definition) is 2. The topological polar surface area (TPSA) is 76.7 Å². The van der Waals surface area contributed by atoms with Crippen molar-refractivity contribution in [1.82, 2.24) is 9.55 Å². The molecule has 0 spiro atoms. The van der Waals surface area contributed by atoms with E-state index in [1.165, 1.54) is 0 Å². The summed E-state index contributed by atoms with van der Waals surface area (Å²) >= 11 is 0. The average Bonchev–Trinajstić information content (AvgIpc) is 3.34. The largest absolute Gasteiger partial charge is 0.454 e. The van der Waals surface area contributed by atoms with E-state index in [-0.39, 0.29) is 20.0 Å². The van der Waals surface area contributed by atoms with E-state index in [2.05, 4.69) is 4.98 Å². The fourth-order valence-corrected chi connectivity index (χ4v) is 3.32. The van der Waals surface area contributed by atoms with Crippen LogP contribution in [0.3, 0.4) is 0 Å². The van der Waals surface area contributed by atoms with Gasteiger partial charge in [0, 0.05) is 11.1 Å². The molecule has 0 atom stereocenters. The number of rotatable bonds is 5. The van der Waals surface area contributed by atoms with E-state index in [1.807, 2.05) is 54.0 Å². The van der Waals surface area contributed by atoms with Crippen LogP contribution in [0.15, 0.2) is 48.8 Å². The van der Waals surface area contributed by atoms with Crippen molar-refractivity contribution in [2.24, 2.45) is 0 Å². The minimum absolute atomic E-state index is 0.202. The maximum absolute atomic E-state index is 9.96. The molecule has 3 aromatic rings. The number of fused-ring (bicyclic) bond motifs is 1. The summed E-state index contributed by atoms with van der Waals surface area (Å²) in [6, 6.07) is 13.7. The van der Waals surface area contributed by atoms with Crippen molar-refractivity contribution in [3.8, 4) is 34.0 Å². The minimum Gasteiger partial charge on any atom is -0.454 e. The number of hydrogen-bond acceptors (Lipinski definition) is 5. The van der Waals surface area contributed by atoms with Crippen molar-refractivity contribution in [2.75, 3.05) is 20.0 Å². The summed E-state index contributed by atoms with van der Waals surface area (Å²) in [5.74, 6) is 1.40. The van der Waals surface area contributed by atoms with E-state index in [4.69, 9.17) is 9.47 Å². The van der Waals surface area contributed by atoms with Crippen LogP contribution in [0.25, 0.3) is 22.5 Å². The quantitative estimate of drug-likeness (QED) is 0.726. The molecule has 2 heterocycles. The SMILES string of the molecule is Cc1cc2c(cc1-c1c(-c3ccccc3)ncn1C(C)(CO)CO)OCO2. The highest BCUT2D eigenvalue weighted by Crippen LogP contribution is 2.42. The lowest BCUT2D eigenvalue weighted by Crippen LogP contribution is -2.38. The third-order valence-electron chi connectivity index (χ3n) is 5.05. The van der Waals surface area contributed by atoms with Crippen molar-refractivity contribution in [3.63, 3.8) is 0 Å². The second-order valence-corrected chi connectivity index (χ2v) is 7.01. The van der Waals surface area contributed by atoms with E-state index in [9.17, 15) is 10.2 Å². The van der Waals surface area contributed by atoms with Gasteiger partial charge in [-0.3, -0.25) is 0 Å². The predicted molar refractivity (Wildman–Crippen MR) is 102 cm³/mol. The molecule has 140 valence electrons. The van der Waals surface area contributed by atoms with Crippen LogP contribution in [-0.4, -0.2) is 39.8 Å². The van der Waals surface area contributed by atoms with E-state index in [1.54, 1.807) is 13.3 Å². The van der Waals surface area contributed by atoms with Gasteiger partial charge in [0.05, 0.1) is 36.5 Å². The van der Waals surface area contributed by atoms with Crippen LogP contribution in [0.4, 0.5) is 0 Å². The molecule has 4 rings (SSSR count). The highest BCUT2D eigenvalue weighted by atomic mass is 16.7. The van der Waals surface area contributed by atoms with Gasteiger partial charge in [-0.25, -0.2) is 4.98 Å². The molecule has 0 saturated heterocycles. The fourth-order valence-electron chi connectivity index (χ4n) is 3.32. The number of aliphatic hydroxyl groups is 2. The summed E-state index contributed by atoms with van der Waals surface area (Å²) in [6.07, 6.45) is 1.67. The first kappa shape index (κ1) is 17.6. The molecule has 1 aliphatic rings. The maximum Gasteiger partial charge on any atom is 0.231 e. The van der Waals surface area contributed by atoms with Gasteiger partial charge in [-0.2, -0.15) is 0 Å². The zero-order valence-corrected chi connectivity index (χ0v) is 15.3. The van der Waals surface area contributed by atoms with Crippen molar-refractivity contribution in [2.45, 2.75) is 19.4 Å². The Morgan fingerprint density at radius 3 is 2.41 bits per heavy atom. The summed E-state index contributed by atoms with van der Waals surface area (Å²) in [7, 11) is 0. The molecule has 2 N–H and O–H groups in total. The number of nitrogens with zero attached hydrogens (tertiary/aromatic N) is 2. The summed E-state index contributed by atoms with van der Waals surface area (Å²) in [6.45, 7) is 3.57. The van der Waals surface area contributed by atoms with Crippen LogP contribution in [0.5, 0.6) is 11.5 Å². The Labute approximate surface area is 157 Å². The van der Waals surface area contributed by atoms with Crippen LogP contribution >= 0.6 is 0 Å². The maximum atomic E-state index is 9.96. The highest BCUT2D eigenvalue weighted by molar-refractivity contribution is 5.82. The average molecular weight is 366 g/mol. The van der Waals surface area contributed by atoms with Crippen molar-refractivity contribution in [3.05, 3.63) is 54.4 Å². The number of imidazole rings is 1. The Morgan fingerprint density at radius 1 is 1.07 bits per heavy atom. The molecular weight excluding hydrogens is 344 g/mol. The third kappa shape index (κ3) is 2.87. The van der Waals surface area contributed by atoms with E-state index in [0.717, 1.165) is 33.8 Å².